The van der Waals surface area contributed by atoms with Crippen molar-refractivity contribution in [3.05, 3.63) is 22.9 Å². The van der Waals surface area contributed by atoms with Gasteiger partial charge in [-0.1, -0.05) is 19.1 Å². The molecule has 0 spiro atoms. The van der Waals surface area contributed by atoms with E-state index in [1.54, 1.807) is 0 Å². The molecule has 0 aromatic carbocycles. The normalized spacial score (nSPS) is 15.3. The van der Waals surface area contributed by atoms with Crippen molar-refractivity contribution in [2.75, 3.05) is 11.9 Å². The van der Waals surface area contributed by atoms with E-state index in [1.165, 1.54) is 17.7 Å². The first kappa shape index (κ1) is 13.3. The molecule has 0 radical (unpaired) electrons. The highest BCUT2D eigenvalue weighted by Gasteiger charge is 2.21. The molecule has 1 aliphatic carbocycles. The van der Waals surface area contributed by atoms with Gasteiger partial charge < -0.3 is 10.6 Å². The van der Waals surface area contributed by atoms with Crippen LogP contribution in [0, 0.1) is 0 Å². The van der Waals surface area contributed by atoms with Gasteiger partial charge in [0.15, 0.2) is 0 Å². The predicted molar refractivity (Wildman–Crippen MR) is 80.3 cm³/mol. The van der Waals surface area contributed by atoms with Crippen molar-refractivity contribution in [1.29, 1.82) is 0 Å². The maximum atomic E-state index is 5.85. The third kappa shape index (κ3) is 2.34. The fourth-order valence-corrected chi connectivity index (χ4v) is 2.54. The maximum Gasteiger partial charge on any atom is 0.139 e. The summed E-state index contributed by atoms with van der Waals surface area (Å²) in [4.78, 5) is 7.44. The van der Waals surface area contributed by atoms with Crippen LogP contribution in [-0.4, -0.2) is 23.1 Å². The van der Waals surface area contributed by atoms with Gasteiger partial charge in [-0.05, 0) is 44.2 Å². The SMILES string of the molecule is CCC(C)N(C)c1nc2c(cc1C(N)=S)CCC2. The molecule has 0 saturated carbocycles. The Morgan fingerprint density at radius 2 is 2.28 bits per heavy atom. The summed E-state index contributed by atoms with van der Waals surface area (Å²) in [7, 11) is 2.07. The summed E-state index contributed by atoms with van der Waals surface area (Å²) >= 11 is 5.17. The van der Waals surface area contributed by atoms with Gasteiger partial charge in [0.05, 0.1) is 5.56 Å². The Bertz CT molecular complexity index is 470. The van der Waals surface area contributed by atoms with Crippen LogP contribution in [0.3, 0.4) is 0 Å². The first-order chi connectivity index (χ1) is 8.54. The molecule has 0 bridgehead atoms. The van der Waals surface area contributed by atoms with E-state index < -0.39 is 0 Å². The van der Waals surface area contributed by atoms with Crippen molar-refractivity contribution >= 4 is 23.0 Å². The quantitative estimate of drug-likeness (QED) is 0.847. The summed E-state index contributed by atoms with van der Waals surface area (Å²) in [6, 6.07) is 2.58. The largest absolute Gasteiger partial charge is 0.389 e. The highest BCUT2D eigenvalue weighted by atomic mass is 32.1. The van der Waals surface area contributed by atoms with E-state index in [-0.39, 0.29) is 0 Å². The lowest BCUT2D eigenvalue weighted by molar-refractivity contribution is 0.655. The van der Waals surface area contributed by atoms with Crippen molar-refractivity contribution < 1.29 is 0 Å². The van der Waals surface area contributed by atoms with E-state index in [4.69, 9.17) is 22.9 Å². The van der Waals surface area contributed by atoms with Crippen molar-refractivity contribution in [2.45, 2.75) is 45.6 Å². The molecule has 2 rings (SSSR count). The van der Waals surface area contributed by atoms with Crippen molar-refractivity contribution in [1.82, 2.24) is 4.98 Å². The molecule has 0 fully saturated rings. The lowest BCUT2D eigenvalue weighted by Crippen LogP contribution is -2.31. The van der Waals surface area contributed by atoms with E-state index >= 15 is 0 Å². The molecule has 0 saturated heterocycles. The Hall–Kier alpha value is -1.16. The molecule has 0 amide bonds. The number of aryl methyl sites for hydroxylation is 2. The number of pyridine rings is 1. The molecule has 4 heteroatoms. The fourth-order valence-electron chi connectivity index (χ4n) is 2.39. The minimum Gasteiger partial charge on any atom is -0.389 e. The van der Waals surface area contributed by atoms with Crippen molar-refractivity contribution in [3.63, 3.8) is 0 Å². The highest BCUT2D eigenvalue weighted by molar-refractivity contribution is 7.80. The lowest BCUT2D eigenvalue weighted by atomic mass is 10.1. The fraction of sp³-hybridized carbons (Fsp3) is 0.571. The Kier molecular flexibility index (Phi) is 3.85. The molecule has 2 N–H and O–H groups in total. The van der Waals surface area contributed by atoms with Crippen molar-refractivity contribution in [2.24, 2.45) is 5.73 Å². The van der Waals surface area contributed by atoms with Crippen LogP contribution >= 0.6 is 12.2 Å². The Labute approximate surface area is 114 Å². The first-order valence-electron chi connectivity index (χ1n) is 6.60. The van der Waals surface area contributed by atoms with Crippen LogP contribution in [0.5, 0.6) is 0 Å². The lowest BCUT2D eigenvalue weighted by Gasteiger charge is -2.27. The topological polar surface area (TPSA) is 42.2 Å². The van der Waals surface area contributed by atoms with E-state index in [0.29, 0.717) is 11.0 Å². The van der Waals surface area contributed by atoms with Gasteiger partial charge in [-0.3, -0.25) is 0 Å². The number of fused-ring (bicyclic) bond motifs is 1. The zero-order valence-electron chi connectivity index (χ0n) is 11.4. The third-order valence-corrected chi connectivity index (χ3v) is 4.10. The van der Waals surface area contributed by atoms with Gasteiger partial charge in [-0.15, -0.1) is 0 Å². The second-order valence-electron chi connectivity index (χ2n) is 5.05. The number of anilines is 1. The van der Waals surface area contributed by atoms with E-state index in [9.17, 15) is 0 Å². The van der Waals surface area contributed by atoms with E-state index in [1.807, 2.05) is 0 Å². The molecular weight excluding hydrogens is 242 g/mol. The molecule has 98 valence electrons. The molecule has 1 atom stereocenters. The molecule has 1 aliphatic rings. The second-order valence-corrected chi connectivity index (χ2v) is 5.49. The molecule has 3 nitrogen and oxygen atoms in total. The number of hydrogen-bond donors (Lipinski definition) is 1. The number of nitrogens with two attached hydrogens (primary N) is 1. The molecule has 1 unspecified atom stereocenters. The third-order valence-electron chi connectivity index (χ3n) is 3.88. The Morgan fingerprint density at radius 1 is 1.56 bits per heavy atom. The van der Waals surface area contributed by atoms with Crippen LogP contribution < -0.4 is 10.6 Å². The van der Waals surface area contributed by atoms with Gasteiger partial charge in [0.25, 0.3) is 0 Å². The van der Waals surface area contributed by atoms with Crippen LogP contribution in [0.4, 0.5) is 5.82 Å². The van der Waals surface area contributed by atoms with Crippen LogP contribution in [0.15, 0.2) is 6.07 Å². The summed E-state index contributed by atoms with van der Waals surface area (Å²) < 4.78 is 0. The van der Waals surface area contributed by atoms with Crippen LogP contribution in [-0.2, 0) is 12.8 Å². The van der Waals surface area contributed by atoms with Crippen LogP contribution in [0.2, 0.25) is 0 Å². The predicted octanol–water partition coefficient (Wildman–Crippen LogP) is 2.44. The molecule has 0 aliphatic heterocycles. The van der Waals surface area contributed by atoms with Crippen molar-refractivity contribution in [3.8, 4) is 0 Å². The van der Waals surface area contributed by atoms with E-state index in [0.717, 1.165) is 30.6 Å². The summed E-state index contributed by atoms with van der Waals surface area (Å²) in [5.41, 5.74) is 9.32. The first-order valence-corrected chi connectivity index (χ1v) is 7.00. The smallest absolute Gasteiger partial charge is 0.139 e. The van der Waals surface area contributed by atoms with Gasteiger partial charge in [-0.2, -0.15) is 0 Å². The number of aromatic nitrogens is 1. The van der Waals surface area contributed by atoms with Crippen LogP contribution in [0.25, 0.3) is 0 Å². The average Bonchev–Trinajstić information content (AvgIpc) is 2.82. The standard InChI is InChI=1S/C14H21N3S/c1-4-9(2)17(3)14-11(13(15)18)8-10-6-5-7-12(10)16-14/h8-9H,4-7H2,1-3H3,(H2,15,18). The van der Waals surface area contributed by atoms with Crippen LogP contribution in [0.1, 0.15) is 43.5 Å². The number of rotatable bonds is 4. The minimum absolute atomic E-state index is 0.435. The summed E-state index contributed by atoms with van der Waals surface area (Å²) in [6.07, 6.45) is 4.45. The average molecular weight is 263 g/mol. The minimum atomic E-state index is 0.435. The second kappa shape index (κ2) is 5.22. The summed E-state index contributed by atoms with van der Waals surface area (Å²) in [5.74, 6) is 0.942. The van der Waals surface area contributed by atoms with Gasteiger partial charge in [0.1, 0.15) is 10.8 Å². The van der Waals surface area contributed by atoms with Gasteiger partial charge >= 0.3 is 0 Å². The van der Waals surface area contributed by atoms with Gasteiger partial charge in [0, 0.05) is 18.8 Å². The molecule has 1 aromatic rings. The summed E-state index contributed by atoms with van der Waals surface area (Å²) in [6.45, 7) is 4.37. The van der Waals surface area contributed by atoms with E-state index in [2.05, 4.69) is 31.9 Å². The molecule has 18 heavy (non-hydrogen) atoms. The number of nitrogens with zero attached hydrogens (tertiary/aromatic N) is 2. The Balaban J connectivity index is 2.47. The molecular formula is C14H21N3S. The number of thiocarbonyl (C=S) groups is 1. The molecule has 1 heterocycles. The Morgan fingerprint density at radius 3 is 2.89 bits per heavy atom. The zero-order chi connectivity index (χ0) is 13.3. The number of hydrogen-bond acceptors (Lipinski definition) is 3. The van der Waals surface area contributed by atoms with Gasteiger partial charge in [0.2, 0.25) is 0 Å². The van der Waals surface area contributed by atoms with Gasteiger partial charge in [-0.25, -0.2) is 4.98 Å². The zero-order valence-corrected chi connectivity index (χ0v) is 12.2. The monoisotopic (exact) mass is 263 g/mol. The highest BCUT2D eigenvalue weighted by Crippen LogP contribution is 2.28. The molecule has 1 aromatic heterocycles. The maximum absolute atomic E-state index is 5.85. The summed E-state index contributed by atoms with van der Waals surface area (Å²) in [5, 5.41) is 0.